The Labute approximate surface area is 116 Å². The van der Waals surface area contributed by atoms with E-state index >= 15 is 0 Å². The van der Waals surface area contributed by atoms with Gasteiger partial charge in [0.05, 0.1) is 6.10 Å². The summed E-state index contributed by atoms with van der Waals surface area (Å²) in [4.78, 5) is 11.9. The zero-order chi connectivity index (χ0) is 13.7. The topological polar surface area (TPSA) is 64.3 Å². The lowest BCUT2D eigenvalue weighted by atomic mass is 9.80. The predicted molar refractivity (Wildman–Crippen MR) is 75.7 cm³/mol. The second-order valence-corrected chi connectivity index (χ2v) is 6.22. The summed E-state index contributed by atoms with van der Waals surface area (Å²) in [7, 11) is 0. The molecule has 0 aromatic carbocycles. The third-order valence-electron chi connectivity index (χ3n) is 4.48. The Hall–Kier alpha value is -0.610. The molecule has 0 saturated heterocycles. The molecule has 2 saturated carbocycles. The summed E-state index contributed by atoms with van der Waals surface area (Å²) in [5.41, 5.74) is 5.96. The van der Waals surface area contributed by atoms with Crippen molar-refractivity contribution in [2.45, 2.75) is 64.0 Å². The molecule has 2 unspecified atom stereocenters. The fourth-order valence-electron chi connectivity index (χ4n) is 3.32. The average Bonchev–Trinajstić information content (AvgIpc) is 2.34. The summed E-state index contributed by atoms with van der Waals surface area (Å²) in [5.74, 6) is 1.33. The molecule has 19 heavy (non-hydrogen) atoms. The molecule has 0 spiro atoms. The van der Waals surface area contributed by atoms with Crippen LogP contribution in [0.2, 0.25) is 0 Å². The first kappa shape index (κ1) is 14.8. The molecule has 0 radical (unpaired) electrons. The second kappa shape index (κ2) is 7.25. The van der Waals surface area contributed by atoms with Crippen molar-refractivity contribution in [2.75, 3.05) is 13.2 Å². The van der Waals surface area contributed by atoms with Crippen molar-refractivity contribution >= 4 is 5.91 Å². The third kappa shape index (κ3) is 4.77. The first-order valence-electron chi connectivity index (χ1n) is 7.81. The van der Waals surface area contributed by atoms with Gasteiger partial charge in [0, 0.05) is 25.6 Å². The maximum Gasteiger partial charge on any atom is 0.220 e. The normalized spacial score (nSPS) is 34.6. The molecule has 4 heteroatoms. The van der Waals surface area contributed by atoms with Crippen LogP contribution in [0.1, 0.15) is 51.9 Å². The van der Waals surface area contributed by atoms with E-state index in [-0.39, 0.29) is 5.91 Å². The van der Waals surface area contributed by atoms with Crippen LogP contribution in [-0.4, -0.2) is 31.2 Å². The van der Waals surface area contributed by atoms with E-state index in [1.807, 2.05) is 6.92 Å². The Kier molecular flexibility index (Phi) is 5.64. The van der Waals surface area contributed by atoms with Gasteiger partial charge in [-0.1, -0.05) is 6.42 Å². The van der Waals surface area contributed by atoms with Gasteiger partial charge in [-0.25, -0.2) is 0 Å². The predicted octanol–water partition coefficient (Wildman–Crippen LogP) is 1.83. The molecule has 3 N–H and O–H groups in total. The number of ether oxygens (including phenoxy) is 1. The van der Waals surface area contributed by atoms with Crippen molar-refractivity contribution in [2.24, 2.45) is 17.6 Å². The van der Waals surface area contributed by atoms with Crippen LogP contribution in [0.25, 0.3) is 0 Å². The smallest absolute Gasteiger partial charge is 0.220 e. The third-order valence-corrected chi connectivity index (χ3v) is 4.48. The molecular weight excluding hydrogens is 240 g/mol. The van der Waals surface area contributed by atoms with Gasteiger partial charge in [-0.2, -0.15) is 0 Å². The molecule has 0 heterocycles. The molecule has 2 atom stereocenters. The zero-order valence-electron chi connectivity index (χ0n) is 12.1. The van der Waals surface area contributed by atoms with Gasteiger partial charge in [0.15, 0.2) is 0 Å². The van der Waals surface area contributed by atoms with Crippen molar-refractivity contribution in [3.05, 3.63) is 0 Å². The van der Waals surface area contributed by atoms with Gasteiger partial charge in [-0.3, -0.25) is 4.79 Å². The quantitative estimate of drug-likeness (QED) is 0.772. The van der Waals surface area contributed by atoms with Crippen LogP contribution in [0.15, 0.2) is 0 Å². The minimum atomic E-state index is 0.207. The molecule has 0 bridgehead atoms. The molecule has 2 aliphatic rings. The molecule has 2 rings (SSSR count). The van der Waals surface area contributed by atoms with Crippen LogP contribution >= 0.6 is 0 Å². The highest BCUT2D eigenvalue weighted by molar-refractivity contribution is 5.76. The molecule has 4 nitrogen and oxygen atoms in total. The summed E-state index contributed by atoms with van der Waals surface area (Å²) >= 11 is 0. The monoisotopic (exact) mass is 268 g/mol. The largest absolute Gasteiger partial charge is 0.378 e. The van der Waals surface area contributed by atoms with Gasteiger partial charge in [-0.05, 0) is 50.9 Å². The molecule has 1 amide bonds. The maximum absolute atomic E-state index is 11.9. The standard InChI is InChI=1S/C15H28N2O2/c1-2-19-14-7-12(8-14)9-15(18)17-10-11-4-3-5-13(16)6-11/h11-14H,2-10,16H2,1H3,(H,17,18). The molecule has 2 aliphatic carbocycles. The van der Waals surface area contributed by atoms with Gasteiger partial charge in [-0.15, -0.1) is 0 Å². The van der Waals surface area contributed by atoms with Crippen molar-refractivity contribution in [3.8, 4) is 0 Å². The van der Waals surface area contributed by atoms with Crippen molar-refractivity contribution in [3.63, 3.8) is 0 Å². The van der Waals surface area contributed by atoms with Crippen LogP contribution in [0.3, 0.4) is 0 Å². The molecule has 2 fully saturated rings. The molecule has 0 aliphatic heterocycles. The average molecular weight is 268 g/mol. The minimum Gasteiger partial charge on any atom is -0.378 e. The number of carbonyl (C=O) groups is 1. The highest BCUT2D eigenvalue weighted by Gasteiger charge is 2.31. The Morgan fingerprint density at radius 3 is 2.74 bits per heavy atom. The Morgan fingerprint density at radius 2 is 2.05 bits per heavy atom. The van der Waals surface area contributed by atoms with Crippen LogP contribution in [0.4, 0.5) is 0 Å². The van der Waals surface area contributed by atoms with Gasteiger partial charge in [0.25, 0.3) is 0 Å². The molecule has 110 valence electrons. The number of amides is 1. The van der Waals surface area contributed by atoms with E-state index in [4.69, 9.17) is 10.5 Å². The van der Waals surface area contributed by atoms with E-state index in [2.05, 4.69) is 5.32 Å². The molecule has 0 aromatic heterocycles. The summed E-state index contributed by atoms with van der Waals surface area (Å²) in [6, 6.07) is 0.342. The van der Waals surface area contributed by atoms with Crippen LogP contribution in [-0.2, 0) is 9.53 Å². The van der Waals surface area contributed by atoms with Gasteiger partial charge >= 0.3 is 0 Å². The summed E-state index contributed by atoms with van der Waals surface area (Å²) < 4.78 is 5.51. The number of nitrogens with one attached hydrogen (secondary N) is 1. The fraction of sp³-hybridized carbons (Fsp3) is 0.933. The molecule has 0 aromatic rings. The lowest BCUT2D eigenvalue weighted by molar-refractivity contribution is -0.124. The molecular formula is C15H28N2O2. The van der Waals surface area contributed by atoms with E-state index in [0.717, 1.165) is 38.8 Å². The van der Waals surface area contributed by atoms with Crippen LogP contribution < -0.4 is 11.1 Å². The highest BCUT2D eigenvalue weighted by atomic mass is 16.5. The minimum absolute atomic E-state index is 0.207. The summed E-state index contributed by atoms with van der Waals surface area (Å²) in [6.45, 7) is 3.62. The SMILES string of the molecule is CCOC1CC(CC(=O)NCC2CCCC(N)C2)C1. The highest BCUT2D eigenvalue weighted by Crippen LogP contribution is 2.32. The second-order valence-electron chi connectivity index (χ2n) is 6.22. The van der Waals surface area contributed by atoms with E-state index in [1.165, 1.54) is 12.8 Å². The van der Waals surface area contributed by atoms with Gasteiger partial charge in [0.2, 0.25) is 5.91 Å². The summed E-state index contributed by atoms with van der Waals surface area (Å²) in [6.07, 6.45) is 7.80. The number of rotatable bonds is 6. The number of hydrogen-bond acceptors (Lipinski definition) is 3. The van der Waals surface area contributed by atoms with E-state index in [9.17, 15) is 4.79 Å². The summed E-state index contributed by atoms with van der Waals surface area (Å²) in [5, 5.41) is 3.08. The lowest BCUT2D eigenvalue weighted by Gasteiger charge is -2.34. The van der Waals surface area contributed by atoms with E-state index in [0.29, 0.717) is 30.4 Å². The fourth-order valence-corrected chi connectivity index (χ4v) is 3.32. The Morgan fingerprint density at radius 1 is 1.26 bits per heavy atom. The van der Waals surface area contributed by atoms with Crippen LogP contribution in [0.5, 0.6) is 0 Å². The van der Waals surface area contributed by atoms with Gasteiger partial charge in [0.1, 0.15) is 0 Å². The number of hydrogen-bond donors (Lipinski definition) is 2. The van der Waals surface area contributed by atoms with Crippen molar-refractivity contribution < 1.29 is 9.53 Å². The van der Waals surface area contributed by atoms with Crippen molar-refractivity contribution in [1.29, 1.82) is 0 Å². The Balaban J connectivity index is 1.55. The van der Waals surface area contributed by atoms with E-state index in [1.54, 1.807) is 0 Å². The van der Waals surface area contributed by atoms with Crippen LogP contribution in [0, 0.1) is 11.8 Å². The Bertz CT molecular complexity index is 290. The maximum atomic E-state index is 11.9. The van der Waals surface area contributed by atoms with Gasteiger partial charge < -0.3 is 15.8 Å². The zero-order valence-corrected chi connectivity index (χ0v) is 12.1. The van der Waals surface area contributed by atoms with Crippen molar-refractivity contribution in [1.82, 2.24) is 5.32 Å². The van der Waals surface area contributed by atoms with E-state index < -0.39 is 0 Å². The lowest BCUT2D eigenvalue weighted by Crippen LogP contribution is -2.38. The first-order valence-corrected chi connectivity index (χ1v) is 7.81. The number of nitrogens with two attached hydrogens (primary N) is 1. The number of carbonyl (C=O) groups excluding carboxylic acids is 1. The first-order chi connectivity index (χ1) is 9.17.